The van der Waals surface area contributed by atoms with E-state index in [0.717, 1.165) is 11.3 Å². The number of nitrogens with one attached hydrogen (secondary N) is 1. The average molecular weight is 424 g/mol. The summed E-state index contributed by atoms with van der Waals surface area (Å²) < 4.78 is 1.71. The summed E-state index contributed by atoms with van der Waals surface area (Å²) in [6, 6.07) is 11.1. The predicted octanol–water partition coefficient (Wildman–Crippen LogP) is 3.47. The molecule has 1 aliphatic rings. The van der Waals surface area contributed by atoms with E-state index >= 15 is 0 Å². The van der Waals surface area contributed by atoms with Crippen molar-refractivity contribution in [3.8, 4) is 0 Å². The number of rotatable bonds is 5. The van der Waals surface area contributed by atoms with E-state index in [0.29, 0.717) is 43.1 Å². The van der Waals surface area contributed by atoms with Gasteiger partial charge in [0, 0.05) is 48.3 Å². The number of benzene rings is 1. The summed E-state index contributed by atoms with van der Waals surface area (Å²) in [4.78, 5) is 31.0. The highest BCUT2D eigenvalue weighted by Gasteiger charge is 2.28. The second-order valence-corrected chi connectivity index (χ2v) is 7.72. The lowest BCUT2D eigenvalue weighted by Gasteiger charge is -2.31. The van der Waals surface area contributed by atoms with E-state index in [2.05, 4.69) is 15.4 Å². The van der Waals surface area contributed by atoms with E-state index in [1.54, 1.807) is 46.5 Å². The molecule has 4 rings (SSSR count). The SMILES string of the molecule is O=C(Nc1ccncc1)C1CCN(C(=O)c2cnn(Cc3ccccc3Cl)c2)CC1. The van der Waals surface area contributed by atoms with Gasteiger partial charge < -0.3 is 10.2 Å². The lowest BCUT2D eigenvalue weighted by molar-refractivity contribution is -0.121. The van der Waals surface area contributed by atoms with Crippen molar-refractivity contribution in [3.63, 3.8) is 0 Å². The highest BCUT2D eigenvalue weighted by Crippen LogP contribution is 2.21. The van der Waals surface area contributed by atoms with Gasteiger partial charge in [-0.2, -0.15) is 5.10 Å². The number of carbonyl (C=O) groups excluding carboxylic acids is 2. The van der Waals surface area contributed by atoms with Crippen LogP contribution in [0.4, 0.5) is 5.69 Å². The van der Waals surface area contributed by atoms with Crippen LogP contribution in [0.3, 0.4) is 0 Å². The molecule has 1 aromatic carbocycles. The van der Waals surface area contributed by atoms with Gasteiger partial charge in [0.2, 0.25) is 5.91 Å². The van der Waals surface area contributed by atoms with Crippen molar-refractivity contribution in [1.29, 1.82) is 0 Å². The van der Waals surface area contributed by atoms with E-state index < -0.39 is 0 Å². The van der Waals surface area contributed by atoms with Crippen LogP contribution in [0.25, 0.3) is 0 Å². The van der Waals surface area contributed by atoms with Gasteiger partial charge in [-0.3, -0.25) is 19.3 Å². The number of aromatic nitrogens is 3. The first-order valence-corrected chi connectivity index (χ1v) is 10.2. The monoisotopic (exact) mass is 423 g/mol. The van der Waals surface area contributed by atoms with Crippen LogP contribution in [0.1, 0.15) is 28.8 Å². The van der Waals surface area contributed by atoms with Gasteiger partial charge in [-0.25, -0.2) is 0 Å². The molecule has 8 heteroatoms. The molecule has 2 aromatic heterocycles. The van der Waals surface area contributed by atoms with Crippen LogP contribution in [0.5, 0.6) is 0 Å². The maximum atomic E-state index is 12.8. The third-order valence-corrected chi connectivity index (χ3v) is 5.64. The second-order valence-electron chi connectivity index (χ2n) is 7.31. The maximum Gasteiger partial charge on any atom is 0.257 e. The first-order chi connectivity index (χ1) is 14.6. The lowest BCUT2D eigenvalue weighted by Crippen LogP contribution is -2.41. The zero-order chi connectivity index (χ0) is 20.9. The number of piperidine rings is 1. The molecule has 0 saturated carbocycles. The Balaban J connectivity index is 1.32. The van der Waals surface area contributed by atoms with Crippen molar-refractivity contribution < 1.29 is 9.59 Å². The molecule has 30 heavy (non-hydrogen) atoms. The number of likely N-dealkylation sites (tertiary alicyclic amines) is 1. The Morgan fingerprint density at radius 2 is 1.83 bits per heavy atom. The molecule has 0 bridgehead atoms. The van der Waals surface area contributed by atoms with Gasteiger partial charge in [0.05, 0.1) is 18.3 Å². The largest absolute Gasteiger partial charge is 0.339 e. The van der Waals surface area contributed by atoms with Gasteiger partial charge in [0.15, 0.2) is 0 Å². The fourth-order valence-corrected chi connectivity index (χ4v) is 3.76. The molecule has 0 radical (unpaired) electrons. The Kier molecular flexibility index (Phi) is 6.09. The molecule has 0 unspecified atom stereocenters. The number of pyridine rings is 1. The van der Waals surface area contributed by atoms with Gasteiger partial charge in [-0.1, -0.05) is 29.8 Å². The Morgan fingerprint density at radius 3 is 2.57 bits per heavy atom. The van der Waals surface area contributed by atoms with Crippen molar-refractivity contribution in [2.45, 2.75) is 19.4 Å². The van der Waals surface area contributed by atoms with Crippen LogP contribution in [0.2, 0.25) is 5.02 Å². The Hall–Kier alpha value is -3.19. The third kappa shape index (κ3) is 4.68. The summed E-state index contributed by atoms with van der Waals surface area (Å²) in [5.41, 5.74) is 2.23. The highest BCUT2D eigenvalue weighted by atomic mass is 35.5. The van der Waals surface area contributed by atoms with Gasteiger partial charge >= 0.3 is 0 Å². The van der Waals surface area contributed by atoms with E-state index in [-0.39, 0.29) is 17.7 Å². The van der Waals surface area contributed by atoms with E-state index in [4.69, 9.17) is 11.6 Å². The van der Waals surface area contributed by atoms with Crippen molar-refractivity contribution in [1.82, 2.24) is 19.7 Å². The first kappa shape index (κ1) is 20.1. The summed E-state index contributed by atoms with van der Waals surface area (Å²) in [6.45, 7) is 1.59. The van der Waals surface area contributed by atoms with E-state index in [1.807, 2.05) is 24.3 Å². The number of halogens is 1. The maximum absolute atomic E-state index is 12.8. The molecule has 3 aromatic rings. The molecule has 154 valence electrons. The molecule has 7 nitrogen and oxygen atoms in total. The van der Waals surface area contributed by atoms with Gasteiger partial charge in [0.1, 0.15) is 0 Å². The van der Waals surface area contributed by atoms with Crippen molar-refractivity contribution in [3.05, 3.63) is 77.3 Å². The molecule has 0 aliphatic carbocycles. The highest BCUT2D eigenvalue weighted by molar-refractivity contribution is 6.31. The molecule has 0 atom stereocenters. The van der Waals surface area contributed by atoms with Gasteiger partial charge in [0.25, 0.3) is 5.91 Å². The zero-order valence-electron chi connectivity index (χ0n) is 16.4. The minimum absolute atomic E-state index is 0.0131. The molecule has 3 heterocycles. The Morgan fingerprint density at radius 1 is 1.10 bits per heavy atom. The second kappa shape index (κ2) is 9.09. The quantitative estimate of drug-likeness (QED) is 0.681. The topological polar surface area (TPSA) is 80.1 Å². The predicted molar refractivity (Wildman–Crippen MR) is 114 cm³/mol. The summed E-state index contributed by atoms with van der Waals surface area (Å²) in [7, 11) is 0. The fraction of sp³-hybridized carbons (Fsp3) is 0.273. The Labute approximate surface area is 179 Å². The van der Waals surface area contributed by atoms with Crippen LogP contribution in [0, 0.1) is 5.92 Å². The number of carbonyl (C=O) groups is 2. The zero-order valence-corrected chi connectivity index (χ0v) is 17.1. The summed E-state index contributed by atoms with van der Waals surface area (Å²) in [5, 5.41) is 7.89. The normalized spacial score (nSPS) is 14.5. The number of hydrogen-bond acceptors (Lipinski definition) is 4. The standard InChI is InChI=1S/C22H22ClN5O2/c23-20-4-2-1-3-17(20)14-28-15-18(13-25-28)22(30)27-11-7-16(8-12-27)21(29)26-19-5-9-24-10-6-19/h1-6,9-10,13,15-16H,7-8,11-12,14H2,(H,24,26,29). The minimum atomic E-state index is -0.106. The molecule has 1 fully saturated rings. The first-order valence-electron chi connectivity index (χ1n) is 9.86. The van der Waals surface area contributed by atoms with Crippen molar-refractivity contribution in [2.75, 3.05) is 18.4 Å². The van der Waals surface area contributed by atoms with Gasteiger partial charge in [-0.15, -0.1) is 0 Å². The number of nitrogens with zero attached hydrogens (tertiary/aromatic N) is 4. The number of anilines is 1. The van der Waals surface area contributed by atoms with Crippen molar-refractivity contribution in [2.24, 2.45) is 5.92 Å². The molecule has 1 N–H and O–H groups in total. The van der Waals surface area contributed by atoms with Crippen LogP contribution in [-0.2, 0) is 11.3 Å². The van der Waals surface area contributed by atoms with Gasteiger partial charge in [-0.05, 0) is 36.6 Å². The summed E-state index contributed by atoms with van der Waals surface area (Å²) in [6.07, 6.45) is 7.88. The minimum Gasteiger partial charge on any atom is -0.339 e. The third-order valence-electron chi connectivity index (χ3n) is 5.27. The molecular weight excluding hydrogens is 402 g/mol. The van der Waals surface area contributed by atoms with Crippen LogP contribution in [-0.4, -0.2) is 44.6 Å². The molecule has 2 amide bonds. The van der Waals surface area contributed by atoms with E-state index in [9.17, 15) is 9.59 Å². The number of hydrogen-bond donors (Lipinski definition) is 1. The summed E-state index contributed by atoms with van der Waals surface area (Å²) >= 11 is 6.20. The molecule has 0 spiro atoms. The van der Waals surface area contributed by atoms with Crippen LogP contribution in [0.15, 0.2) is 61.2 Å². The smallest absolute Gasteiger partial charge is 0.257 e. The molecule has 1 saturated heterocycles. The van der Waals surface area contributed by atoms with E-state index in [1.165, 1.54) is 0 Å². The summed E-state index contributed by atoms with van der Waals surface area (Å²) in [5.74, 6) is -0.181. The lowest BCUT2D eigenvalue weighted by atomic mass is 9.95. The average Bonchev–Trinajstić information content (AvgIpc) is 3.24. The molecule has 1 aliphatic heterocycles. The van der Waals surface area contributed by atoms with Crippen LogP contribution < -0.4 is 5.32 Å². The van der Waals surface area contributed by atoms with Crippen molar-refractivity contribution >= 4 is 29.1 Å². The fourth-order valence-electron chi connectivity index (χ4n) is 3.57. The Bertz CT molecular complexity index is 1030. The molecular formula is C22H22ClN5O2. The number of amides is 2. The van der Waals surface area contributed by atoms with Crippen LogP contribution >= 0.6 is 11.6 Å².